The lowest BCUT2D eigenvalue weighted by molar-refractivity contribution is 0.0829. The Morgan fingerprint density at radius 3 is 3.07 bits per heavy atom. The van der Waals surface area contributed by atoms with Crippen LogP contribution >= 0.6 is 11.8 Å². The molecule has 0 spiro atoms. The van der Waals surface area contributed by atoms with Crippen LogP contribution in [0.25, 0.3) is 0 Å². The van der Waals surface area contributed by atoms with Crippen LogP contribution in [0.2, 0.25) is 0 Å². The van der Waals surface area contributed by atoms with E-state index in [9.17, 15) is 0 Å². The SMILES string of the molecule is CCOC(C)CN=C1NC(CC)CCS1. The normalized spacial score (nSPS) is 26.3. The molecule has 0 aromatic rings. The molecule has 0 radical (unpaired) electrons. The van der Waals surface area contributed by atoms with Gasteiger partial charge < -0.3 is 10.1 Å². The Kier molecular flexibility index (Phi) is 6.10. The summed E-state index contributed by atoms with van der Waals surface area (Å²) >= 11 is 1.83. The molecule has 0 bridgehead atoms. The summed E-state index contributed by atoms with van der Waals surface area (Å²) in [7, 11) is 0. The van der Waals surface area contributed by atoms with Crippen molar-refractivity contribution >= 4 is 16.9 Å². The van der Waals surface area contributed by atoms with Gasteiger partial charge in [0.05, 0.1) is 12.6 Å². The fourth-order valence-electron chi connectivity index (χ4n) is 1.53. The fourth-order valence-corrected chi connectivity index (χ4v) is 2.54. The Balaban J connectivity index is 2.31. The number of thioether (sulfide) groups is 1. The van der Waals surface area contributed by atoms with Gasteiger partial charge in [0, 0.05) is 18.4 Å². The van der Waals surface area contributed by atoms with E-state index in [1.54, 1.807) is 0 Å². The van der Waals surface area contributed by atoms with E-state index in [0.29, 0.717) is 6.04 Å². The Morgan fingerprint density at radius 1 is 1.60 bits per heavy atom. The van der Waals surface area contributed by atoms with Crippen molar-refractivity contribution in [3.05, 3.63) is 0 Å². The Hall–Kier alpha value is -0.220. The molecule has 15 heavy (non-hydrogen) atoms. The van der Waals surface area contributed by atoms with Gasteiger partial charge in [-0.25, -0.2) is 0 Å². The molecule has 3 nitrogen and oxygen atoms in total. The minimum Gasteiger partial charge on any atom is -0.377 e. The van der Waals surface area contributed by atoms with Crippen molar-refractivity contribution in [1.82, 2.24) is 5.32 Å². The molecule has 1 aliphatic rings. The van der Waals surface area contributed by atoms with Gasteiger partial charge in [-0.05, 0) is 26.7 Å². The van der Waals surface area contributed by atoms with Gasteiger partial charge in [-0.1, -0.05) is 18.7 Å². The van der Waals surface area contributed by atoms with Crippen molar-refractivity contribution in [3.63, 3.8) is 0 Å². The van der Waals surface area contributed by atoms with E-state index in [0.717, 1.165) is 18.3 Å². The number of rotatable bonds is 5. The van der Waals surface area contributed by atoms with Crippen molar-refractivity contribution in [3.8, 4) is 0 Å². The zero-order chi connectivity index (χ0) is 11.1. The molecule has 0 aromatic carbocycles. The molecule has 2 atom stereocenters. The van der Waals surface area contributed by atoms with Crippen LogP contribution < -0.4 is 5.32 Å². The number of aliphatic imine (C=N–C) groups is 1. The molecule has 2 unspecified atom stereocenters. The molecule has 0 saturated carbocycles. The number of nitrogens with zero attached hydrogens (tertiary/aromatic N) is 1. The van der Waals surface area contributed by atoms with Crippen LogP contribution in [0, 0.1) is 0 Å². The third kappa shape index (κ3) is 4.89. The molecule has 1 fully saturated rings. The highest BCUT2D eigenvalue weighted by atomic mass is 32.2. The van der Waals surface area contributed by atoms with Crippen LogP contribution in [-0.4, -0.2) is 36.2 Å². The monoisotopic (exact) mass is 230 g/mol. The lowest BCUT2D eigenvalue weighted by Gasteiger charge is -2.24. The van der Waals surface area contributed by atoms with Crippen LogP contribution in [0.5, 0.6) is 0 Å². The summed E-state index contributed by atoms with van der Waals surface area (Å²) in [4.78, 5) is 4.54. The Morgan fingerprint density at radius 2 is 2.40 bits per heavy atom. The second-order valence-electron chi connectivity index (χ2n) is 3.80. The fraction of sp³-hybridized carbons (Fsp3) is 0.909. The largest absolute Gasteiger partial charge is 0.377 e. The summed E-state index contributed by atoms with van der Waals surface area (Å²) in [5.41, 5.74) is 0. The van der Waals surface area contributed by atoms with Crippen LogP contribution in [0.4, 0.5) is 0 Å². The molecule has 1 rings (SSSR count). The first-order chi connectivity index (χ1) is 7.26. The zero-order valence-corrected chi connectivity index (χ0v) is 10.8. The summed E-state index contributed by atoms with van der Waals surface area (Å²) in [5.74, 6) is 1.19. The molecule has 1 aliphatic heterocycles. The molecule has 1 heterocycles. The summed E-state index contributed by atoms with van der Waals surface area (Å²) in [6, 6.07) is 0.618. The van der Waals surface area contributed by atoms with Crippen LogP contribution in [0.1, 0.15) is 33.6 Å². The zero-order valence-electron chi connectivity index (χ0n) is 9.95. The Labute approximate surface area is 97.1 Å². The summed E-state index contributed by atoms with van der Waals surface area (Å²) in [5, 5.41) is 4.55. The molecule has 0 amide bonds. The van der Waals surface area contributed by atoms with Crippen molar-refractivity contribution < 1.29 is 4.74 Å². The highest BCUT2D eigenvalue weighted by molar-refractivity contribution is 8.13. The number of hydrogen-bond acceptors (Lipinski definition) is 3. The summed E-state index contributed by atoms with van der Waals surface area (Å²) in [6.07, 6.45) is 2.66. The average molecular weight is 230 g/mol. The third-order valence-corrected chi connectivity index (χ3v) is 3.43. The molecular weight excluding hydrogens is 208 g/mol. The second kappa shape index (κ2) is 7.12. The first-order valence-electron chi connectivity index (χ1n) is 5.81. The van der Waals surface area contributed by atoms with Crippen LogP contribution in [-0.2, 0) is 4.74 Å². The van der Waals surface area contributed by atoms with E-state index >= 15 is 0 Å². The predicted octanol–water partition coefficient (Wildman–Crippen LogP) is 2.27. The van der Waals surface area contributed by atoms with Crippen molar-refractivity contribution in [2.75, 3.05) is 18.9 Å². The number of amidine groups is 1. The number of hydrogen-bond donors (Lipinski definition) is 1. The Bertz CT molecular complexity index is 209. The van der Waals surface area contributed by atoms with Gasteiger partial charge in [-0.3, -0.25) is 4.99 Å². The van der Waals surface area contributed by atoms with Gasteiger partial charge in [0.25, 0.3) is 0 Å². The molecule has 0 aromatic heterocycles. The van der Waals surface area contributed by atoms with Gasteiger partial charge >= 0.3 is 0 Å². The maximum absolute atomic E-state index is 5.44. The second-order valence-corrected chi connectivity index (χ2v) is 4.88. The van der Waals surface area contributed by atoms with Crippen LogP contribution in [0.15, 0.2) is 4.99 Å². The quantitative estimate of drug-likeness (QED) is 0.786. The van der Waals surface area contributed by atoms with Gasteiger partial charge in [0.15, 0.2) is 5.17 Å². The first-order valence-corrected chi connectivity index (χ1v) is 6.80. The standard InChI is InChI=1S/C11H22N2OS/c1-4-10-6-7-15-11(13-10)12-8-9(3)14-5-2/h9-10H,4-8H2,1-3H3,(H,12,13). The summed E-state index contributed by atoms with van der Waals surface area (Å²) in [6.45, 7) is 7.83. The lowest BCUT2D eigenvalue weighted by Crippen LogP contribution is -2.37. The van der Waals surface area contributed by atoms with E-state index in [2.05, 4.69) is 24.2 Å². The molecule has 1 N–H and O–H groups in total. The number of ether oxygens (including phenoxy) is 1. The van der Waals surface area contributed by atoms with Crippen molar-refractivity contribution in [1.29, 1.82) is 0 Å². The topological polar surface area (TPSA) is 33.6 Å². The van der Waals surface area contributed by atoms with E-state index in [1.165, 1.54) is 18.6 Å². The number of nitrogens with one attached hydrogen (secondary N) is 1. The minimum absolute atomic E-state index is 0.229. The average Bonchev–Trinajstić information content (AvgIpc) is 2.27. The van der Waals surface area contributed by atoms with E-state index in [-0.39, 0.29) is 6.10 Å². The molecule has 0 aliphatic carbocycles. The molecule has 1 saturated heterocycles. The van der Waals surface area contributed by atoms with E-state index < -0.39 is 0 Å². The van der Waals surface area contributed by atoms with Gasteiger partial charge in [-0.2, -0.15) is 0 Å². The van der Waals surface area contributed by atoms with Gasteiger partial charge in [-0.15, -0.1) is 0 Å². The van der Waals surface area contributed by atoms with Crippen molar-refractivity contribution in [2.45, 2.75) is 45.8 Å². The minimum atomic E-state index is 0.229. The van der Waals surface area contributed by atoms with Crippen molar-refractivity contribution in [2.24, 2.45) is 4.99 Å². The maximum atomic E-state index is 5.44. The highest BCUT2D eigenvalue weighted by Crippen LogP contribution is 2.15. The van der Waals surface area contributed by atoms with Gasteiger partial charge in [0.1, 0.15) is 0 Å². The molecule has 88 valence electrons. The van der Waals surface area contributed by atoms with Crippen LogP contribution in [0.3, 0.4) is 0 Å². The smallest absolute Gasteiger partial charge is 0.156 e. The molecular formula is C11H22N2OS. The predicted molar refractivity (Wildman–Crippen MR) is 67.7 cm³/mol. The van der Waals surface area contributed by atoms with E-state index in [1.807, 2.05) is 18.7 Å². The third-order valence-electron chi connectivity index (χ3n) is 2.47. The lowest BCUT2D eigenvalue weighted by atomic mass is 10.2. The maximum Gasteiger partial charge on any atom is 0.156 e. The van der Waals surface area contributed by atoms with Gasteiger partial charge in [0.2, 0.25) is 0 Å². The summed E-state index contributed by atoms with van der Waals surface area (Å²) < 4.78 is 5.44. The highest BCUT2D eigenvalue weighted by Gasteiger charge is 2.15. The molecule has 4 heteroatoms. The van der Waals surface area contributed by atoms with E-state index in [4.69, 9.17) is 4.74 Å². The first kappa shape index (κ1) is 12.8.